The predicted molar refractivity (Wildman–Crippen MR) is 263 cm³/mol. The van der Waals surface area contributed by atoms with Crippen molar-refractivity contribution in [2.75, 3.05) is 13.2 Å². The van der Waals surface area contributed by atoms with E-state index in [1.165, 1.54) is 27.6 Å². The predicted octanol–water partition coefficient (Wildman–Crippen LogP) is 10.4. The molecule has 8 aromatic rings. The quantitative estimate of drug-likeness (QED) is 0.105. The van der Waals surface area contributed by atoms with E-state index in [2.05, 4.69) is 98.9 Å². The Balaban J connectivity index is 0.000000143. The molecule has 13 rings (SSSR count). The Hall–Kier alpha value is -5.32. The molecule has 4 saturated heterocycles. The topological polar surface area (TPSA) is 157 Å². The fourth-order valence-electron chi connectivity index (χ4n) is 12.1. The first kappa shape index (κ1) is 44.9. The summed E-state index contributed by atoms with van der Waals surface area (Å²) in [6.07, 6.45) is 3.25. The Morgan fingerprint density at radius 1 is 0.507 bits per heavy atom. The van der Waals surface area contributed by atoms with E-state index in [1.54, 1.807) is 0 Å². The van der Waals surface area contributed by atoms with Gasteiger partial charge in [0.05, 0.1) is 31.3 Å². The van der Waals surface area contributed by atoms with Gasteiger partial charge in [0.2, 0.25) is 0 Å². The molecule has 1 aliphatic carbocycles. The molecule has 4 aliphatic heterocycles. The van der Waals surface area contributed by atoms with E-state index in [0.29, 0.717) is 13.2 Å². The highest BCUT2D eigenvalue weighted by Gasteiger charge is 2.59. The lowest BCUT2D eigenvalue weighted by molar-refractivity contribution is -0.178. The van der Waals surface area contributed by atoms with Crippen LogP contribution in [-0.4, -0.2) is 104 Å². The van der Waals surface area contributed by atoms with Crippen molar-refractivity contribution in [3.63, 3.8) is 0 Å². The van der Waals surface area contributed by atoms with Gasteiger partial charge in [0, 0.05) is 79.7 Å². The third-order valence-electron chi connectivity index (χ3n) is 14.8. The van der Waals surface area contributed by atoms with Gasteiger partial charge in [0.25, 0.3) is 0 Å². The van der Waals surface area contributed by atoms with Crippen molar-refractivity contribution in [3.8, 4) is 0 Å². The normalized spacial score (nSPS) is 29.2. The number of benzene rings is 4. The Morgan fingerprint density at radius 2 is 1.01 bits per heavy atom. The lowest BCUT2D eigenvalue weighted by Crippen LogP contribution is -2.46. The fraction of sp³-hybridized carbons (Fsp3) is 0.429. The number of hydrogen-bond acceptors (Lipinski definition) is 9. The van der Waals surface area contributed by atoms with E-state index in [-0.39, 0.29) is 36.1 Å². The van der Waals surface area contributed by atoms with Crippen LogP contribution < -0.4 is 0 Å². The number of rotatable bonds is 7. The first-order valence-corrected chi connectivity index (χ1v) is 24.4. The second-order valence-corrected chi connectivity index (χ2v) is 21.2. The maximum Gasteiger partial charge on any atom is 0.163 e. The van der Waals surface area contributed by atoms with Crippen LogP contribution in [0, 0.1) is 0 Å². The van der Waals surface area contributed by atoms with Gasteiger partial charge in [-0.25, -0.2) is 0 Å². The molecule has 5 N–H and O–H groups in total. The summed E-state index contributed by atoms with van der Waals surface area (Å²) in [5.74, 6) is -3.15. The molecule has 13 heteroatoms. The number of aliphatic hydroxyl groups is 1. The van der Waals surface area contributed by atoms with Crippen LogP contribution in [-0.2, 0) is 37.9 Å². The van der Waals surface area contributed by atoms with Gasteiger partial charge in [0.15, 0.2) is 23.1 Å². The molecular formula is C56H62N4O9. The molecule has 13 nitrogen and oxygen atoms in total. The number of aromatic nitrogens is 4. The molecular weight excluding hydrogens is 873 g/mol. The summed E-state index contributed by atoms with van der Waals surface area (Å²) in [7, 11) is 0. The molecule has 360 valence electrons. The second kappa shape index (κ2) is 16.4. The first-order valence-electron chi connectivity index (χ1n) is 24.4. The van der Waals surface area contributed by atoms with Crippen molar-refractivity contribution in [1.82, 2.24) is 19.9 Å². The zero-order valence-electron chi connectivity index (χ0n) is 40.4. The van der Waals surface area contributed by atoms with E-state index in [1.807, 2.05) is 92.0 Å². The molecule has 9 unspecified atom stereocenters. The van der Waals surface area contributed by atoms with E-state index in [4.69, 9.17) is 37.9 Å². The summed E-state index contributed by atoms with van der Waals surface area (Å²) in [6.45, 7) is 16.3. The van der Waals surface area contributed by atoms with Crippen molar-refractivity contribution < 1.29 is 43.0 Å². The van der Waals surface area contributed by atoms with Crippen LogP contribution in [0.15, 0.2) is 116 Å². The van der Waals surface area contributed by atoms with Crippen molar-refractivity contribution in [3.05, 3.63) is 144 Å². The third kappa shape index (κ3) is 7.83. The number of nitrogens with one attached hydrogen (secondary N) is 4. The Labute approximate surface area is 401 Å². The summed E-state index contributed by atoms with van der Waals surface area (Å²) in [5.41, 5.74) is 10.2. The van der Waals surface area contributed by atoms with Crippen LogP contribution in [0.3, 0.4) is 0 Å². The van der Waals surface area contributed by atoms with Gasteiger partial charge in [-0.3, -0.25) is 0 Å². The van der Waals surface area contributed by atoms with E-state index < -0.39 is 47.6 Å². The highest BCUT2D eigenvalue weighted by Crippen LogP contribution is 2.56. The molecule has 9 atom stereocenters. The van der Waals surface area contributed by atoms with Gasteiger partial charge in [-0.1, -0.05) is 72.8 Å². The lowest BCUT2D eigenvalue weighted by atomic mass is 9.71. The minimum Gasteiger partial charge on any atom is -0.387 e. The molecule has 5 aliphatic rings. The fourth-order valence-corrected chi connectivity index (χ4v) is 12.1. The molecule has 69 heavy (non-hydrogen) atoms. The number of aromatic amines is 4. The minimum atomic E-state index is -0.929. The third-order valence-corrected chi connectivity index (χ3v) is 14.8. The molecule has 4 aromatic heterocycles. The van der Waals surface area contributed by atoms with E-state index >= 15 is 0 Å². The van der Waals surface area contributed by atoms with Crippen molar-refractivity contribution in [2.24, 2.45) is 0 Å². The average Bonchev–Trinajstić information content (AvgIpc) is 4.20. The zero-order valence-corrected chi connectivity index (χ0v) is 40.4. The summed E-state index contributed by atoms with van der Waals surface area (Å²) in [6, 6.07) is 33.5. The van der Waals surface area contributed by atoms with Crippen LogP contribution in [0.1, 0.15) is 101 Å². The number of H-pyrrole nitrogens is 4. The first-order chi connectivity index (χ1) is 33.0. The summed E-state index contributed by atoms with van der Waals surface area (Å²) < 4.78 is 50.6. The highest BCUT2D eigenvalue weighted by molar-refractivity contribution is 5.90. The monoisotopic (exact) mass is 934 g/mol. The Kier molecular flexibility index (Phi) is 10.6. The van der Waals surface area contributed by atoms with Gasteiger partial charge >= 0.3 is 0 Å². The maximum atomic E-state index is 11.5. The lowest BCUT2D eigenvalue weighted by Gasteiger charge is -2.39. The molecule has 0 saturated carbocycles. The number of fused-ring (bicyclic) bond motifs is 7. The largest absolute Gasteiger partial charge is 0.387 e. The standard InChI is InChI=1S/C28H32N2O5.C28H30N2O4/c1-27(2)32-15-22(33-27)24(31)26-25(34-28(3,4)35-26)23(18-13-29-20-11-7-5-9-16(18)20)19-14-30-21-12-8-6-10-17(19)21;1-27(2)31-14-20(32-27)23-21-16-10-6-8-12-19(16)30-24(21)22(25-26(23)34-28(3,4)33-25)17-13-29-18-11-7-5-9-15(17)18/h5-14,22-26,29-31H,15H2,1-4H3;5-13,20,22-23,25-26,29-30H,14H2,1-4H3. The van der Waals surface area contributed by atoms with Gasteiger partial charge in [0.1, 0.15) is 30.5 Å². The maximum absolute atomic E-state index is 11.5. The molecule has 4 fully saturated rings. The van der Waals surface area contributed by atoms with Gasteiger partial charge in [-0.15, -0.1) is 0 Å². The highest BCUT2D eigenvalue weighted by atomic mass is 16.8. The van der Waals surface area contributed by atoms with Gasteiger partial charge in [-0.05, 0) is 102 Å². The van der Waals surface area contributed by atoms with Crippen molar-refractivity contribution in [2.45, 2.75) is 139 Å². The smallest absolute Gasteiger partial charge is 0.163 e. The number of hydrogen-bond donors (Lipinski definition) is 5. The molecule has 8 heterocycles. The van der Waals surface area contributed by atoms with Crippen LogP contribution in [0.25, 0.3) is 43.6 Å². The number of aliphatic hydroxyl groups excluding tert-OH is 1. The molecule has 0 amide bonds. The van der Waals surface area contributed by atoms with Crippen LogP contribution in [0.4, 0.5) is 0 Å². The average molecular weight is 935 g/mol. The summed E-state index contributed by atoms with van der Waals surface area (Å²) in [5, 5.41) is 16.2. The molecule has 0 bridgehead atoms. The van der Waals surface area contributed by atoms with Crippen molar-refractivity contribution in [1.29, 1.82) is 0 Å². The Bertz CT molecular complexity index is 3100. The Morgan fingerprint density at radius 3 is 1.62 bits per heavy atom. The second-order valence-electron chi connectivity index (χ2n) is 21.2. The molecule has 0 spiro atoms. The van der Waals surface area contributed by atoms with Gasteiger partial charge < -0.3 is 62.9 Å². The SMILES string of the molecule is CC1(C)OCC(C(O)C2OC(C)(C)OC2C(c2c[nH]c3ccccc23)c2c[nH]c3ccccc23)O1.CC1(C)OCC(C2c3c([nH]c4ccccc34)C(c3c[nH]c4ccccc34)C3OC(C)(C)OC32)O1. The van der Waals surface area contributed by atoms with E-state index in [0.717, 1.165) is 44.0 Å². The minimum absolute atomic E-state index is 0.00286. The van der Waals surface area contributed by atoms with Crippen LogP contribution >= 0.6 is 0 Å². The summed E-state index contributed by atoms with van der Waals surface area (Å²) >= 11 is 0. The summed E-state index contributed by atoms with van der Waals surface area (Å²) in [4.78, 5) is 14.1. The number of para-hydroxylation sites is 4. The number of ether oxygens (including phenoxy) is 8. The van der Waals surface area contributed by atoms with Crippen LogP contribution in [0.5, 0.6) is 0 Å². The van der Waals surface area contributed by atoms with Crippen molar-refractivity contribution >= 4 is 43.6 Å². The molecule has 0 radical (unpaired) electrons. The zero-order chi connectivity index (χ0) is 47.6. The van der Waals surface area contributed by atoms with E-state index in [9.17, 15) is 5.11 Å². The molecule has 4 aromatic carbocycles. The van der Waals surface area contributed by atoms with Gasteiger partial charge in [-0.2, -0.15) is 0 Å². The van der Waals surface area contributed by atoms with Crippen LogP contribution in [0.2, 0.25) is 0 Å².